The van der Waals surface area contributed by atoms with Crippen molar-refractivity contribution < 1.29 is 0 Å². The van der Waals surface area contributed by atoms with Gasteiger partial charge in [-0.25, -0.2) is 4.68 Å². The van der Waals surface area contributed by atoms with E-state index in [0.717, 1.165) is 12.2 Å². The molecular formula is C3H6N4. The van der Waals surface area contributed by atoms with E-state index in [1.165, 1.54) is 0 Å². The van der Waals surface area contributed by atoms with Gasteiger partial charge in [0.25, 0.3) is 0 Å². The predicted molar refractivity (Wildman–Crippen MR) is 24.1 cm³/mol. The van der Waals surface area contributed by atoms with Crippen LogP contribution in [0.5, 0.6) is 0 Å². The van der Waals surface area contributed by atoms with Gasteiger partial charge >= 0.3 is 0 Å². The van der Waals surface area contributed by atoms with E-state index >= 15 is 0 Å². The molecule has 38 valence electrons. The third-order valence-corrected chi connectivity index (χ3v) is 0.910. The van der Waals surface area contributed by atoms with Crippen molar-refractivity contribution in [3.8, 4) is 0 Å². The van der Waals surface area contributed by atoms with Gasteiger partial charge in [-0.3, -0.25) is 0 Å². The molecule has 0 saturated heterocycles. The molecule has 2 aliphatic rings. The smallest absolute Gasteiger partial charge is 0.104 e. The third-order valence-electron chi connectivity index (χ3n) is 0.910. The first-order valence-electron chi connectivity index (χ1n) is 1.84. The van der Waals surface area contributed by atoms with Crippen LogP contribution in [0.2, 0.25) is 0 Å². The van der Waals surface area contributed by atoms with E-state index in [9.17, 15) is 0 Å². The number of aromatic nitrogens is 3. The highest BCUT2D eigenvalue weighted by molar-refractivity contribution is 5.01. The Bertz CT molecular complexity index is 143. The number of rotatable bonds is 0. The van der Waals surface area contributed by atoms with E-state index in [0.29, 0.717) is 0 Å². The second-order valence-corrected chi connectivity index (χ2v) is 1.41. The van der Waals surface area contributed by atoms with E-state index in [1.807, 2.05) is 6.20 Å². The zero-order valence-corrected chi connectivity index (χ0v) is 3.83. The van der Waals surface area contributed by atoms with Crippen molar-refractivity contribution in [1.82, 2.24) is 21.1 Å². The molecule has 4 nitrogen and oxygen atoms in total. The highest BCUT2D eigenvalue weighted by atomic mass is 15.5. The maximum Gasteiger partial charge on any atom is 0.104 e. The second kappa shape index (κ2) is 1.04. The van der Waals surface area contributed by atoms with Gasteiger partial charge in [0.2, 0.25) is 0 Å². The Morgan fingerprint density at radius 2 is 2.43 bits per heavy atom. The zero-order valence-electron chi connectivity index (χ0n) is 3.83. The Kier molecular flexibility index (Phi) is 0.631. The zero-order chi connectivity index (χ0) is 3.98. The highest BCUT2D eigenvalue weighted by Gasteiger charge is 2.09. The van der Waals surface area contributed by atoms with Gasteiger partial charge in [0, 0.05) is 0 Å². The fourth-order valence-corrected chi connectivity index (χ4v) is 0.542. The maximum absolute atomic E-state index is 3.72. The molecule has 3 N–H and O–H groups in total. The fourth-order valence-electron chi connectivity index (χ4n) is 0.542. The molecule has 0 atom stereocenters. The molecule has 0 saturated carbocycles. The Balaban J connectivity index is 0.000000245. The van der Waals surface area contributed by atoms with Crippen molar-refractivity contribution >= 4 is 0 Å². The summed E-state index contributed by atoms with van der Waals surface area (Å²) in [5, 5.41) is 7.40. The molecular weight excluding hydrogens is 92.1 g/mol. The van der Waals surface area contributed by atoms with Crippen molar-refractivity contribution in [3.05, 3.63) is 11.9 Å². The van der Waals surface area contributed by atoms with Gasteiger partial charge in [-0.2, -0.15) is 0 Å². The van der Waals surface area contributed by atoms with Crippen molar-refractivity contribution in [2.75, 3.05) is 0 Å². The Labute approximate surface area is 40.7 Å². The van der Waals surface area contributed by atoms with Gasteiger partial charge in [0.1, 0.15) is 5.69 Å². The lowest BCUT2D eigenvalue weighted by molar-refractivity contribution is 0.656. The molecule has 3 heterocycles. The van der Waals surface area contributed by atoms with E-state index in [1.54, 1.807) is 4.68 Å². The lowest BCUT2D eigenvalue weighted by Crippen LogP contribution is -2.03. The first-order valence-corrected chi connectivity index (χ1v) is 1.84. The third kappa shape index (κ3) is 0.335. The van der Waals surface area contributed by atoms with Gasteiger partial charge in [0.15, 0.2) is 0 Å². The summed E-state index contributed by atoms with van der Waals surface area (Å²) < 4.78 is 1.80. The van der Waals surface area contributed by atoms with Crippen LogP contribution in [0.1, 0.15) is 5.69 Å². The maximum atomic E-state index is 3.72. The van der Waals surface area contributed by atoms with E-state index in [4.69, 9.17) is 0 Å². The molecule has 2 bridgehead atoms. The van der Waals surface area contributed by atoms with Crippen LogP contribution in [0.25, 0.3) is 0 Å². The summed E-state index contributed by atoms with van der Waals surface area (Å²) in [5.41, 5.74) is 1.11. The van der Waals surface area contributed by atoms with Crippen molar-refractivity contribution in [3.63, 3.8) is 0 Å². The number of fused-ring (bicyclic) bond motifs is 1. The summed E-state index contributed by atoms with van der Waals surface area (Å²) in [6, 6.07) is 0. The van der Waals surface area contributed by atoms with E-state index in [2.05, 4.69) is 10.3 Å². The molecule has 0 radical (unpaired) electrons. The Hall–Kier alpha value is -0.900. The van der Waals surface area contributed by atoms with E-state index < -0.39 is 0 Å². The molecule has 1 aromatic heterocycles. The second-order valence-electron chi connectivity index (χ2n) is 1.41. The number of hydrogen-bond acceptors (Lipinski definition) is 3. The van der Waals surface area contributed by atoms with Gasteiger partial charge in [-0.1, -0.05) is 5.21 Å². The highest BCUT2D eigenvalue weighted by Crippen LogP contribution is 2.04. The molecule has 7 heavy (non-hydrogen) atoms. The lowest BCUT2D eigenvalue weighted by Gasteiger charge is -1.97. The van der Waals surface area contributed by atoms with Gasteiger partial charge in [0.05, 0.1) is 12.7 Å². The summed E-state index contributed by atoms with van der Waals surface area (Å²) in [7, 11) is 0. The Morgan fingerprint density at radius 1 is 1.71 bits per heavy atom. The molecule has 0 amide bonds. The van der Waals surface area contributed by atoms with Crippen molar-refractivity contribution in [2.24, 2.45) is 0 Å². The molecule has 0 spiro atoms. The van der Waals surface area contributed by atoms with Crippen LogP contribution in [0.3, 0.4) is 0 Å². The summed E-state index contributed by atoms with van der Waals surface area (Å²) in [5.74, 6) is 0. The summed E-state index contributed by atoms with van der Waals surface area (Å²) in [6.45, 7) is 0.944. The van der Waals surface area contributed by atoms with Gasteiger partial charge < -0.3 is 6.15 Å². The monoisotopic (exact) mass is 98.1 g/mol. The standard InChI is InChI=1S/C3H3N3.H3N/c1-3-2-6(1)5-4-3;/h1H,2H2;1H3. The molecule has 0 fully saturated rings. The van der Waals surface area contributed by atoms with E-state index in [-0.39, 0.29) is 6.15 Å². The summed E-state index contributed by atoms with van der Waals surface area (Å²) in [6.07, 6.45) is 1.92. The van der Waals surface area contributed by atoms with Crippen LogP contribution in [-0.2, 0) is 6.54 Å². The normalized spacial score (nSPS) is 12.0. The molecule has 0 aromatic carbocycles. The SMILES string of the molecule is N.c1c2nnn1C2. The molecule has 0 aliphatic carbocycles. The topological polar surface area (TPSA) is 65.7 Å². The molecule has 4 heteroatoms. The molecule has 1 aromatic rings. The predicted octanol–water partition coefficient (Wildman–Crippen LogP) is -0.198. The largest absolute Gasteiger partial charge is 0.344 e. The first kappa shape index (κ1) is 4.26. The van der Waals surface area contributed by atoms with Crippen molar-refractivity contribution in [1.29, 1.82) is 0 Å². The summed E-state index contributed by atoms with van der Waals surface area (Å²) >= 11 is 0. The minimum absolute atomic E-state index is 0. The summed E-state index contributed by atoms with van der Waals surface area (Å²) in [4.78, 5) is 0. The lowest BCUT2D eigenvalue weighted by atomic mass is 10.4. The van der Waals surface area contributed by atoms with Gasteiger partial charge in [-0.05, 0) is 0 Å². The number of nitrogens with zero attached hydrogens (tertiary/aromatic N) is 3. The van der Waals surface area contributed by atoms with Crippen LogP contribution in [0, 0.1) is 0 Å². The molecule has 2 aliphatic heterocycles. The van der Waals surface area contributed by atoms with Crippen LogP contribution in [0.15, 0.2) is 6.20 Å². The quantitative estimate of drug-likeness (QED) is 0.496. The van der Waals surface area contributed by atoms with Crippen LogP contribution < -0.4 is 6.15 Å². The van der Waals surface area contributed by atoms with Crippen LogP contribution >= 0.6 is 0 Å². The fraction of sp³-hybridized carbons (Fsp3) is 0.333. The number of hydrogen-bond donors (Lipinski definition) is 1. The molecule has 0 unspecified atom stereocenters. The van der Waals surface area contributed by atoms with Crippen molar-refractivity contribution in [2.45, 2.75) is 6.54 Å². The Morgan fingerprint density at radius 3 is 2.57 bits per heavy atom. The van der Waals surface area contributed by atoms with Crippen LogP contribution in [-0.4, -0.2) is 15.0 Å². The minimum Gasteiger partial charge on any atom is -0.344 e. The van der Waals surface area contributed by atoms with Gasteiger partial charge in [-0.15, -0.1) is 5.10 Å². The molecule has 3 rings (SSSR count). The average molecular weight is 98.1 g/mol. The average Bonchev–Trinajstić information content (AvgIpc) is 1.72. The van der Waals surface area contributed by atoms with Crippen LogP contribution in [0.4, 0.5) is 0 Å². The first-order chi connectivity index (χ1) is 2.95. The minimum atomic E-state index is 0.